The Balaban J connectivity index is 2.53. The van der Waals surface area contributed by atoms with E-state index in [2.05, 4.69) is 22.6 Å². The molecule has 2 aromatic carbocycles. The summed E-state index contributed by atoms with van der Waals surface area (Å²) in [5.41, 5.74) is 8.24. The van der Waals surface area contributed by atoms with E-state index in [1.54, 1.807) is 20.3 Å². The SMILES string of the molecule is COc1ccc(C(N)c2ccccc2I)c(OC)c1Cl. The summed E-state index contributed by atoms with van der Waals surface area (Å²) in [6.45, 7) is 0. The van der Waals surface area contributed by atoms with Crippen molar-refractivity contribution in [2.75, 3.05) is 14.2 Å². The molecule has 0 bridgehead atoms. The summed E-state index contributed by atoms with van der Waals surface area (Å²) in [5.74, 6) is 1.13. The molecule has 106 valence electrons. The van der Waals surface area contributed by atoms with Gasteiger partial charge in [0.2, 0.25) is 0 Å². The summed E-state index contributed by atoms with van der Waals surface area (Å²) in [4.78, 5) is 0. The van der Waals surface area contributed by atoms with E-state index in [9.17, 15) is 0 Å². The van der Waals surface area contributed by atoms with E-state index < -0.39 is 0 Å². The smallest absolute Gasteiger partial charge is 0.146 e. The summed E-state index contributed by atoms with van der Waals surface area (Å²) in [7, 11) is 3.15. The van der Waals surface area contributed by atoms with Crippen LogP contribution < -0.4 is 15.2 Å². The summed E-state index contributed by atoms with van der Waals surface area (Å²) in [6, 6.07) is 11.4. The van der Waals surface area contributed by atoms with Gasteiger partial charge in [0.15, 0.2) is 0 Å². The fourth-order valence-electron chi connectivity index (χ4n) is 2.06. The fraction of sp³-hybridized carbons (Fsp3) is 0.200. The van der Waals surface area contributed by atoms with E-state index in [4.69, 9.17) is 26.8 Å². The van der Waals surface area contributed by atoms with E-state index in [1.165, 1.54) is 0 Å². The van der Waals surface area contributed by atoms with Crippen LogP contribution in [0.2, 0.25) is 5.02 Å². The second-order valence-electron chi connectivity index (χ2n) is 4.20. The lowest BCUT2D eigenvalue weighted by atomic mass is 9.98. The van der Waals surface area contributed by atoms with Gasteiger partial charge in [-0.2, -0.15) is 0 Å². The van der Waals surface area contributed by atoms with Gasteiger partial charge < -0.3 is 15.2 Å². The van der Waals surface area contributed by atoms with Crippen molar-refractivity contribution >= 4 is 34.2 Å². The predicted molar refractivity (Wildman–Crippen MR) is 89.7 cm³/mol. The van der Waals surface area contributed by atoms with Crippen LogP contribution >= 0.6 is 34.2 Å². The average Bonchev–Trinajstić information content (AvgIpc) is 2.46. The van der Waals surface area contributed by atoms with Crippen molar-refractivity contribution in [1.82, 2.24) is 0 Å². The molecule has 0 spiro atoms. The van der Waals surface area contributed by atoms with E-state index in [0.29, 0.717) is 16.5 Å². The summed E-state index contributed by atoms with van der Waals surface area (Å²) in [5, 5.41) is 0.439. The first-order valence-corrected chi connectivity index (χ1v) is 7.46. The third-order valence-corrected chi connectivity index (χ3v) is 4.43. The van der Waals surface area contributed by atoms with Gasteiger partial charge in [-0.25, -0.2) is 0 Å². The van der Waals surface area contributed by atoms with Crippen LogP contribution in [0.3, 0.4) is 0 Å². The largest absolute Gasteiger partial charge is 0.495 e. The minimum atomic E-state index is -0.304. The van der Waals surface area contributed by atoms with Crippen LogP contribution in [0, 0.1) is 3.57 Å². The maximum Gasteiger partial charge on any atom is 0.146 e. The molecule has 2 rings (SSSR count). The molecule has 1 unspecified atom stereocenters. The molecule has 2 N–H and O–H groups in total. The molecular weight excluding hydrogens is 389 g/mol. The number of methoxy groups -OCH3 is 2. The number of hydrogen-bond donors (Lipinski definition) is 1. The minimum Gasteiger partial charge on any atom is -0.495 e. The Morgan fingerprint density at radius 3 is 2.35 bits per heavy atom. The highest BCUT2D eigenvalue weighted by Gasteiger charge is 2.20. The second kappa shape index (κ2) is 6.65. The molecule has 5 heteroatoms. The van der Waals surface area contributed by atoms with E-state index >= 15 is 0 Å². The highest BCUT2D eigenvalue weighted by atomic mass is 127. The Morgan fingerprint density at radius 2 is 1.75 bits per heavy atom. The Labute approximate surface area is 137 Å². The maximum absolute atomic E-state index is 6.37. The first-order valence-electron chi connectivity index (χ1n) is 6.00. The highest BCUT2D eigenvalue weighted by Crippen LogP contribution is 2.40. The standard InChI is InChI=1S/C15H15ClINO2/c1-19-12-8-7-10(15(20-2)13(12)16)14(18)9-5-3-4-6-11(9)17/h3-8,14H,18H2,1-2H3. The molecular formula is C15H15ClINO2. The molecule has 3 nitrogen and oxygen atoms in total. The van der Waals surface area contributed by atoms with Crippen LogP contribution in [0.25, 0.3) is 0 Å². The number of nitrogens with two attached hydrogens (primary N) is 1. The fourth-order valence-corrected chi connectivity index (χ4v) is 3.11. The Morgan fingerprint density at radius 1 is 1.05 bits per heavy atom. The zero-order valence-electron chi connectivity index (χ0n) is 11.2. The lowest BCUT2D eigenvalue weighted by Crippen LogP contribution is -2.14. The predicted octanol–water partition coefficient (Wildman–Crippen LogP) is 4.01. The number of ether oxygens (including phenoxy) is 2. The molecule has 0 heterocycles. The van der Waals surface area contributed by atoms with Gasteiger partial charge in [0, 0.05) is 9.13 Å². The summed E-state index contributed by atoms with van der Waals surface area (Å²) >= 11 is 8.55. The third kappa shape index (κ3) is 2.87. The lowest BCUT2D eigenvalue weighted by Gasteiger charge is -2.19. The first kappa shape index (κ1) is 15.4. The second-order valence-corrected chi connectivity index (χ2v) is 5.74. The zero-order valence-corrected chi connectivity index (χ0v) is 14.1. The van der Waals surface area contributed by atoms with Crippen LogP contribution in [0.4, 0.5) is 0 Å². The molecule has 0 saturated heterocycles. The van der Waals surface area contributed by atoms with Gasteiger partial charge in [-0.15, -0.1) is 0 Å². The quantitative estimate of drug-likeness (QED) is 0.785. The van der Waals surface area contributed by atoms with Gasteiger partial charge in [-0.1, -0.05) is 29.8 Å². The van der Waals surface area contributed by atoms with Crippen LogP contribution in [0.5, 0.6) is 11.5 Å². The molecule has 20 heavy (non-hydrogen) atoms. The first-order chi connectivity index (χ1) is 9.60. The monoisotopic (exact) mass is 403 g/mol. The van der Waals surface area contributed by atoms with Crippen molar-refractivity contribution in [1.29, 1.82) is 0 Å². The normalized spacial score (nSPS) is 12.1. The number of rotatable bonds is 4. The van der Waals surface area contributed by atoms with E-state index in [-0.39, 0.29) is 6.04 Å². The van der Waals surface area contributed by atoms with Gasteiger partial charge in [-0.3, -0.25) is 0 Å². The van der Waals surface area contributed by atoms with E-state index in [1.807, 2.05) is 30.3 Å². The van der Waals surface area contributed by atoms with Crippen molar-refractivity contribution in [2.24, 2.45) is 5.73 Å². The Bertz CT molecular complexity index is 619. The molecule has 0 aliphatic carbocycles. The minimum absolute atomic E-state index is 0.304. The average molecular weight is 404 g/mol. The van der Waals surface area contributed by atoms with Crippen molar-refractivity contribution in [3.63, 3.8) is 0 Å². The van der Waals surface area contributed by atoms with Gasteiger partial charge >= 0.3 is 0 Å². The molecule has 0 aliphatic heterocycles. The Hall–Kier alpha value is -0.980. The van der Waals surface area contributed by atoms with Crippen LogP contribution in [-0.2, 0) is 0 Å². The molecule has 0 saturated carbocycles. The van der Waals surface area contributed by atoms with Crippen LogP contribution in [0.15, 0.2) is 36.4 Å². The number of halogens is 2. The van der Waals surface area contributed by atoms with Crippen molar-refractivity contribution in [2.45, 2.75) is 6.04 Å². The van der Waals surface area contributed by atoms with Crippen LogP contribution in [-0.4, -0.2) is 14.2 Å². The Kier molecular flexibility index (Phi) is 5.12. The van der Waals surface area contributed by atoms with E-state index in [0.717, 1.165) is 14.7 Å². The molecule has 2 aromatic rings. The summed E-state index contributed by atoms with van der Waals surface area (Å²) in [6.07, 6.45) is 0. The van der Waals surface area contributed by atoms with Crippen molar-refractivity contribution in [3.05, 3.63) is 56.1 Å². The molecule has 0 radical (unpaired) electrons. The van der Waals surface area contributed by atoms with Gasteiger partial charge in [0.1, 0.15) is 16.5 Å². The molecule has 0 aliphatic rings. The lowest BCUT2D eigenvalue weighted by molar-refractivity contribution is 0.390. The van der Waals surface area contributed by atoms with Crippen molar-refractivity contribution in [3.8, 4) is 11.5 Å². The molecule has 0 fully saturated rings. The summed E-state index contributed by atoms with van der Waals surface area (Å²) < 4.78 is 11.7. The maximum atomic E-state index is 6.37. The third-order valence-electron chi connectivity index (χ3n) is 3.09. The van der Waals surface area contributed by atoms with Gasteiger partial charge in [0.05, 0.1) is 20.3 Å². The number of benzene rings is 2. The van der Waals surface area contributed by atoms with Gasteiger partial charge in [0.25, 0.3) is 0 Å². The van der Waals surface area contributed by atoms with Crippen molar-refractivity contribution < 1.29 is 9.47 Å². The van der Waals surface area contributed by atoms with Gasteiger partial charge in [-0.05, 0) is 46.4 Å². The topological polar surface area (TPSA) is 44.5 Å². The molecule has 1 atom stereocenters. The molecule has 0 amide bonds. The number of hydrogen-bond acceptors (Lipinski definition) is 3. The molecule has 0 aromatic heterocycles. The highest BCUT2D eigenvalue weighted by molar-refractivity contribution is 14.1. The zero-order chi connectivity index (χ0) is 14.7. The van der Waals surface area contributed by atoms with Crippen LogP contribution in [0.1, 0.15) is 17.2 Å².